The summed E-state index contributed by atoms with van der Waals surface area (Å²) in [6.07, 6.45) is 4.62. The van der Waals surface area contributed by atoms with E-state index in [1.54, 1.807) is 0 Å². The first-order valence-corrected chi connectivity index (χ1v) is 7.31. The topological polar surface area (TPSA) is 102 Å². The number of aliphatic carboxylic acids is 1. The summed E-state index contributed by atoms with van der Waals surface area (Å²) in [5, 5.41) is 23.0. The van der Waals surface area contributed by atoms with Crippen molar-refractivity contribution in [3.8, 4) is 6.07 Å². The summed E-state index contributed by atoms with van der Waals surface area (Å²) in [7, 11) is 0. The van der Waals surface area contributed by atoms with Crippen LogP contribution in [0.4, 0.5) is 0 Å². The predicted molar refractivity (Wildman–Crippen MR) is 80.3 cm³/mol. The van der Waals surface area contributed by atoms with E-state index in [1.165, 1.54) is 6.20 Å². The highest BCUT2D eigenvalue weighted by Crippen LogP contribution is 2.00. The zero-order chi connectivity index (χ0) is 16.1. The van der Waals surface area contributed by atoms with E-state index in [-0.39, 0.29) is 12.0 Å². The summed E-state index contributed by atoms with van der Waals surface area (Å²) in [6.45, 7) is 5.39. The normalized spacial score (nSPS) is 11.0. The summed E-state index contributed by atoms with van der Waals surface area (Å²) < 4.78 is 0. The minimum atomic E-state index is -0.804. The van der Waals surface area contributed by atoms with Crippen LogP contribution in [0.25, 0.3) is 0 Å². The van der Waals surface area contributed by atoms with Crippen LogP contribution in [0.2, 0.25) is 0 Å². The number of nitrogens with zero attached hydrogens (tertiary/aromatic N) is 1. The van der Waals surface area contributed by atoms with Crippen molar-refractivity contribution >= 4 is 11.9 Å². The molecule has 0 aromatic heterocycles. The Labute approximate surface area is 126 Å². The van der Waals surface area contributed by atoms with Crippen LogP contribution < -0.4 is 10.6 Å². The molecule has 0 atom stereocenters. The Hall–Kier alpha value is -2.03. The molecule has 0 rings (SSSR count). The van der Waals surface area contributed by atoms with Crippen molar-refractivity contribution in [3.05, 3.63) is 11.8 Å². The van der Waals surface area contributed by atoms with Gasteiger partial charge in [-0.1, -0.05) is 20.3 Å². The third kappa shape index (κ3) is 11.5. The van der Waals surface area contributed by atoms with Crippen LogP contribution in [0, 0.1) is 17.2 Å². The van der Waals surface area contributed by atoms with E-state index in [9.17, 15) is 9.59 Å². The number of rotatable bonds is 11. The molecule has 0 fully saturated rings. The second-order valence-electron chi connectivity index (χ2n) is 5.27. The first-order valence-electron chi connectivity index (χ1n) is 7.31. The summed E-state index contributed by atoms with van der Waals surface area (Å²) >= 11 is 0. The number of hydrogen-bond donors (Lipinski definition) is 3. The van der Waals surface area contributed by atoms with Gasteiger partial charge >= 0.3 is 5.97 Å². The van der Waals surface area contributed by atoms with Gasteiger partial charge in [-0.15, -0.1) is 0 Å². The van der Waals surface area contributed by atoms with Crippen LogP contribution in [-0.4, -0.2) is 30.1 Å². The van der Waals surface area contributed by atoms with Gasteiger partial charge in [-0.2, -0.15) is 5.26 Å². The van der Waals surface area contributed by atoms with E-state index in [0.29, 0.717) is 25.3 Å². The van der Waals surface area contributed by atoms with Gasteiger partial charge < -0.3 is 15.7 Å². The Balaban J connectivity index is 3.87. The van der Waals surface area contributed by atoms with Crippen LogP contribution in [0.3, 0.4) is 0 Å². The second-order valence-corrected chi connectivity index (χ2v) is 5.27. The number of hydrogen-bond acceptors (Lipinski definition) is 4. The zero-order valence-corrected chi connectivity index (χ0v) is 12.8. The van der Waals surface area contributed by atoms with Gasteiger partial charge in [0.05, 0.1) is 0 Å². The molecule has 0 aliphatic rings. The quantitative estimate of drug-likeness (QED) is 0.306. The number of carbonyl (C=O) groups excluding carboxylic acids is 1. The Morgan fingerprint density at radius 2 is 1.95 bits per heavy atom. The monoisotopic (exact) mass is 295 g/mol. The number of nitriles is 1. The fourth-order valence-electron chi connectivity index (χ4n) is 1.57. The molecular weight excluding hydrogens is 270 g/mol. The molecule has 21 heavy (non-hydrogen) atoms. The fourth-order valence-corrected chi connectivity index (χ4v) is 1.57. The smallest absolute Gasteiger partial charge is 0.303 e. The molecular formula is C15H25N3O3. The molecule has 6 heteroatoms. The van der Waals surface area contributed by atoms with Gasteiger partial charge in [0.1, 0.15) is 11.6 Å². The van der Waals surface area contributed by atoms with Crippen LogP contribution in [0.5, 0.6) is 0 Å². The van der Waals surface area contributed by atoms with E-state index in [0.717, 1.165) is 19.4 Å². The SMILES string of the molecule is CC(C)CCN/C=C(/C#N)C(=O)NCCCCCC(=O)O. The Morgan fingerprint density at radius 3 is 2.52 bits per heavy atom. The van der Waals surface area contributed by atoms with Crippen molar-refractivity contribution in [1.82, 2.24) is 10.6 Å². The molecule has 0 radical (unpaired) electrons. The molecule has 0 spiro atoms. The fraction of sp³-hybridized carbons (Fsp3) is 0.667. The standard InChI is InChI=1S/C15H25N3O3/c1-12(2)7-9-17-11-13(10-16)15(21)18-8-5-3-4-6-14(19)20/h11-12,17H,3-9H2,1-2H3,(H,18,21)(H,19,20)/b13-11-. The number of amides is 1. The van der Waals surface area contributed by atoms with Crippen LogP contribution in [-0.2, 0) is 9.59 Å². The van der Waals surface area contributed by atoms with Crippen molar-refractivity contribution in [2.75, 3.05) is 13.1 Å². The van der Waals surface area contributed by atoms with Crippen molar-refractivity contribution in [3.63, 3.8) is 0 Å². The van der Waals surface area contributed by atoms with Crippen molar-refractivity contribution < 1.29 is 14.7 Å². The average Bonchev–Trinajstić information content (AvgIpc) is 2.41. The van der Waals surface area contributed by atoms with Gasteiger partial charge in [-0.25, -0.2) is 0 Å². The number of nitrogens with one attached hydrogen (secondary N) is 2. The Bertz CT molecular complexity index is 397. The average molecular weight is 295 g/mol. The maximum atomic E-state index is 11.7. The van der Waals surface area contributed by atoms with Gasteiger partial charge in [-0.3, -0.25) is 9.59 Å². The van der Waals surface area contributed by atoms with Gasteiger partial charge in [0.15, 0.2) is 0 Å². The third-order valence-corrected chi connectivity index (χ3v) is 2.83. The van der Waals surface area contributed by atoms with E-state index < -0.39 is 11.9 Å². The van der Waals surface area contributed by atoms with Crippen molar-refractivity contribution in [2.45, 2.75) is 46.0 Å². The molecule has 0 saturated heterocycles. The first-order chi connectivity index (χ1) is 9.97. The summed E-state index contributed by atoms with van der Waals surface area (Å²) in [6, 6.07) is 1.87. The van der Waals surface area contributed by atoms with Crippen LogP contribution in [0.1, 0.15) is 46.0 Å². The Kier molecular flexibility index (Phi) is 10.6. The molecule has 0 bridgehead atoms. The van der Waals surface area contributed by atoms with Gasteiger partial charge in [0, 0.05) is 25.7 Å². The lowest BCUT2D eigenvalue weighted by molar-refractivity contribution is -0.137. The number of carbonyl (C=O) groups is 2. The first kappa shape index (κ1) is 19.0. The van der Waals surface area contributed by atoms with E-state index in [4.69, 9.17) is 10.4 Å². The van der Waals surface area contributed by atoms with E-state index in [2.05, 4.69) is 24.5 Å². The molecule has 0 saturated carbocycles. The number of carboxylic acids is 1. The molecule has 0 aliphatic heterocycles. The highest BCUT2D eigenvalue weighted by Gasteiger charge is 2.07. The molecule has 0 unspecified atom stereocenters. The Morgan fingerprint density at radius 1 is 1.24 bits per heavy atom. The van der Waals surface area contributed by atoms with Crippen LogP contribution in [0.15, 0.2) is 11.8 Å². The molecule has 0 aromatic carbocycles. The zero-order valence-electron chi connectivity index (χ0n) is 12.8. The lowest BCUT2D eigenvalue weighted by Gasteiger charge is -2.06. The highest BCUT2D eigenvalue weighted by molar-refractivity contribution is 5.97. The van der Waals surface area contributed by atoms with Crippen molar-refractivity contribution in [2.24, 2.45) is 5.92 Å². The van der Waals surface area contributed by atoms with Crippen LogP contribution >= 0.6 is 0 Å². The lowest BCUT2D eigenvalue weighted by Crippen LogP contribution is -2.26. The number of unbranched alkanes of at least 4 members (excludes halogenated alkanes) is 2. The van der Waals surface area contributed by atoms with Crippen molar-refractivity contribution in [1.29, 1.82) is 5.26 Å². The van der Waals surface area contributed by atoms with Gasteiger partial charge in [0.2, 0.25) is 0 Å². The lowest BCUT2D eigenvalue weighted by atomic mass is 10.1. The molecule has 0 aliphatic carbocycles. The summed E-state index contributed by atoms with van der Waals surface area (Å²) in [4.78, 5) is 22.0. The molecule has 3 N–H and O–H groups in total. The molecule has 6 nitrogen and oxygen atoms in total. The summed E-state index contributed by atoms with van der Waals surface area (Å²) in [5.74, 6) is -0.634. The molecule has 0 heterocycles. The van der Waals surface area contributed by atoms with Gasteiger partial charge in [-0.05, 0) is 25.2 Å². The summed E-state index contributed by atoms with van der Waals surface area (Å²) in [5.41, 5.74) is 0.0595. The van der Waals surface area contributed by atoms with Gasteiger partial charge in [0.25, 0.3) is 5.91 Å². The maximum absolute atomic E-state index is 11.7. The number of carboxylic acid groups (broad SMARTS) is 1. The third-order valence-electron chi connectivity index (χ3n) is 2.83. The maximum Gasteiger partial charge on any atom is 0.303 e. The minimum absolute atomic E-state index is 0.0595. The minimum Gasteiger partial charge on any atom is -0.481 e. The molecule has 0 aromatic rings. The largest absolute Gasteiger partial charge is 0.481 e. The molecule has 1 amide bonds. The predicted octanol–water partition coefficient (Wildman–Crippen LogP) is 1.79. The second kappa shape index (κ2) is 11.8. The van der Waals surface area contributed by atoms with E-state index in [1.807, 2.05) is 6.07 Å². The van der Waals surface area contributed by atoms with E-state index >= 15 is 0 Å². The highest BCUT2D eigenvalue weighted by atomic mass is 16.4. The molecule has 118 valence electrons.